The SMILES string of the molecule is CC[C@@H](C)Sc1ccc(NC(=O)NCc2ccnc(C)n2)c(C)c1. The van der Waals surface area contributed by atoms with Crippen LogP contribution in [0.25, 0.3) is 0 Å². The van der Waals surface area contributed by atoms with Gasteiger partial charge in [-0.2, -0.15) is 0 Å². The third kappa shape index (κ3) is 5.53. The van der Waals surface area contributed by atoms with Crippen molar-refractivity contribution in [3.05, 3.63) is 47.5 Å². The number of thioether (sulfide) groups is 1. The summed E-state index contributed by atoms with van der Waals surface area (Å²) in [4.78, 5) is 21.6. The van der Waals surface area contributed by atoms with E-state index in [0.717, 1.165) is 23.4 Å². The number of aryl methyl sites for hydroxylation is 2. The molecule has 24 heavy (non-hydrogen) atoms. The van der Waals surface area contributed by atoms with E-state index in [4.69, 9.17) is 0 Å². The molecular weight excluding hydrogens is 320 g/mol. The molecule has 0 fully saturated rings. The zero-order chi connectivity index (χ0) is 17.5. The van der Waals surface area contributed by atoms with Gasteiger partial charge >= 0.3 is 6.03 Å². The zero-order valence-corrected chi connectivity index (χ0v) is 15.4. The molecule has 1 heterocycles. The predicted octanol–water partition coefficient (Wildman–Crippen LogP) is 4.31. The number of nitrogens with one attached hydrogen (secondary N) is 2. The molecule has 5 nitrogen and oxygen atoms in total. The maximum Gasteiger partial charge on any atom is 0.319 e. The molecule has 2 N–H and O–H groups in total. The van der Waals surface area contributed by atoms with Crippen molar-refractivity contribution in [3.8, 4) is 0 Å². The third-order valence-electron chi connectivity index (χ3n) is 3.62. The molecule has 0 spiro atoms. The Morgan fingerprint density at radius 2 is 2.08 bits per heavy atom. The number of nitrogens with zero attached hydrogens (tertiary/aromatic N) is 2. The molecule has 1 aromatic carbocycles. The fraction of sp³-hybridized carbons (Fsp3) is 0.389. The topological polar surface area (TPSA) is 66.9 Å². The molecule has 128 valence electrons. The Kier molecular flexibility index (Phi) is 6.61. The van der Waals surface area contributed by atoms with Gasteiger partial charge in [-0.1, -0.05) is 13.8 Å². The van der Waals surface area contributed by atoms with Gasteiger partial charge in [0.15, 0.2) is 0 Å². The molecule has 6 heteroatoms. The monoisotopic (exact) mass is 344 g/mol. The number of carbonyl (C=O) groups is 1. The average molecular weight is 344 g/mol. The average Bonchev–Trinajstić information content (AvgIpc) is 2.55. The molecule has 2 aromatic rings. The van der Waals surface area contributed by atoms with E-state index < -0.39 is 0 Å². The second-order valence-corrected chi connectivity index (χ2v) is 7.23. The first-order valence-corrected chi connectivity index (χ1v) is 8.96. The molecule has 0 aliphatic heterocycles. The summed E-state index contributed by atoms with van der Waals surface area (Å²) in [6.07, 6.45) is 2.82. The number of urea groups is 1. The van der Waals surface area contributed by atoms with Gasteiger partial charge in [0.25, 0.3) is 0 Å². The van der Waals surface area contributed by atoms with Crippen LogP contribution in [0.1, 0.15) is 37.4 Å². The van der Waals surface area contributed by atoms with Gasteiger partial charge in [-0.05, 0) is 50.1 Å². The van der Waals surface area contributed by atoms with Crippen LogP contribution in [0.4, 0.5) is 10.5 Å². The van der Waals surface area contributed by atoms with Gasteiger partial charge < -0.3 is 10.6 Å². The lowest BCUT2D eigenvalue weighted by Gasteiger charge is -2.13. The third-order valence-corrected chi connectivity index (χ3v) is 4.88. The number of hydrogen-bond acceptors (Lipinski definition) is 4. The lowest BCUT2D eigenvalue weighted by Crippen LogP contribution is -2.28. The fourth-order valence-electron chi connectivity index (χ4n) is 2.11. The molecule has 1 atom stereocenters. The summed E-state index contributed by atoms with van der Waals surface area (Å²) in [5, 5.41) is 6.29. The summed E-state index contributed by atoms with van der Waals surface area (Å²) in [6.45, 7) is 8.60. The lowest BCUT2D eigenvalue weighted by atomic mass is 10.2. The van der Waals surface area contributed by atoms with Crippen molar-refractivity contribution in [2.75, 3.05) is 5.32 Å². The second-order valence-electron chi connectivity index (χ2n) is 5.72. The highest BCUT2D eigenvalue weighted by molar-refractivity contribution is 7.99. The highest BCUT2D eigenvalue weighted by atomic mass is 32.2. The van der Waals surface area contributed by atoms with Crippen molar-refractivity contribution in [1.29, 1.82) is 0 Å². The number of carbonyl (C=O) groups excluding carboxylic acids is 1. The van der Waals surface area contributed by atoms with Crippen LogP contribution in [0, 0.1) is 13.8 Å². The summed E-state index contributed by atoms with van der Waals surface area (Å²) in [6, 6.07) is 7.66. The van der Waals surface area contributed by atoms with Gasteiger partial charge in [-0.25, -0.2) is 14.8 Å². The largest absolute Gasteiger partial charge is 0.332 e. The van der Waals surface area contributed by atoms with E-state index in [0.29, 0.717) is 17.6 Å². The predicted molar refractivity (Wildman–Crippen MR) is 99.4 cm³/mol. The van der Waals surface area contributed by atoms with E-state index in [2.05, 4.69) is 40.5 Å². The minimum atomic E-state index is -0.239. The zero-order valence-electron chi connectivity index (χ0n) is 14.6. The summed E-state index contributed by atoms with van der Waals surface area (Å²) < 4.78 is 0. The highest BCUT2D eigenvalue weighted by Gasteiger charge is 2.07. The Hall–Kier alpha value is -2.08. The first-order chi connectivity index (χ1) is 11.5. The van der Waals surface area contributed by atoms with Crippen LogP contribution in [0.15, 0.2) is 35.4 Å². The van der Waals surface area contributed by atoms with Crippen LogP contribution in [0.2, 0.25) is 0 Å². The molecule has 0 unspecified atom stereocenters. The minimum absolute atomic E-state index is 0.239. The van der Waals surface area contributed by atoms with Crippen molar-refractivity contribution in [1.82, 2.24) is 15.3 Å². The quantitative estimate of drug-likeness (QED) is 0.767. The molecule has 2 amide bonds. The van der Waals surface area contributed by atoms with Gasteiger partial charge in [0, 0.05) is 22.0 Å². The Balaban J connectivity index is 1.91. The Bertz CT molecular complexity index is 705. The van der Waals surface area contributed by atoms with Crippen LogP contribution in [-0.2, 0) is 6.54 Å². The van der Waals surface area contributed by atoms with Gasteiger partial charge in [0.1, 0.15) is 5.82 Å². The minimum Gasteiger partial charge on any atom is -0.332 e. The van der Waals surface area contributed by atoms with Crippen molar-refractivity contribution >= 4 is 23.5 Å². The van der Waals surface area contributed by atoms with E-state index in [1.54, 1.807) is 12.3 Å². The molecule has 0 aliphatic rings. The van der Waals surface area contributed by atoms with Crippen LogP contribution >= 0.6 is 11.8 Å². The fourth-order valence-corrected chi connectivity index (χ4v) is 3.13. The van der Waals surface area contributed by atoms with Crippen molar-refractivity contribution in [3.63, 3.8) is 0 Å². The van der Waals surface area contributed by atoms with Crippen LogP contribution in [-0.4, -0.2) is 21.2 Å². The lowest BCUT2D eigenvalue weighted by molar-refractivity contribution is 0.251. The van der Waals surface area contributed by atoms with E-state index >= 15 is 0 Å². The second kappa shape index (κ2) is 8.68. The van der Waals surface area contributed by atoms with Crippen LogP contribution in [0.5, 0.6) is 0 Å². The van der Waals surface area contributed by atoms with Gasteiger partial charge in [0.05, 0.1) is 12.2 Å². The summed E-state index contributed by atoms with van der Waals surface area (Å²) >= 11 is 1.85. The van der Waals surface area contributed by atoms with Gasteiger partial charge in [-0.3, -0.25) is 0 Å². The number of benzene rings is 1. The molecule has 0 aliphatic carbocycles. The Labute approximate surface area is 147 Å². The number of anilines is 1. The Morgan fingerprint density at radius 3 is 2.75 bits per heavy atom. The summed E-state index contributed by atoms with van der Waals surface area (Å²) in [5.74, 6) is 0.694. The number of rotatable bonds is 6. The van der Waals surface area contributed by atoms with E-state index in [1.807, 2.05) is 37.7 Å². The molecule has 0 radical (unpaired) electrons. The van der Waals surface area contributed by atoms with Crippen molar-refractivity contribution in [2.45, 2.75) is 50.8 Å². The number of amides is 2. The van der Waals surface area contributed by atoms with Gasteiger partial charge in [0.2, 0.25) is 0 Å². The molecular formula is C18H24N4OS. The van der Waals surface area contributed by atoms with Gasteiger partial charge in [-0.15, -0.1) is 11.8 Å². The molecule has 0 saturated heterocycles. The first-order valence-electron chi connectivity index (χ1n) is 8.08. The van der Waals surface area contributed by atoms with E-state index in [1.165, 1.54) is 4.90 Å². The highest BCUT2D eigenvalue weighted by Crippen LogP contribution is 2.28. The molecule has 1 aromatic heterocycles. The molecule has 2 rings (SSSR count). The maximum atomic E-state index is 12.1. The normalized spacial score (nSPS) is 11.8. The molecule has 0 saturated carbocycles. The number of hydrogen-bond donors (Lipinski definition) is 2. The van der Waals surface area contributed by atoms with Crippen LogP contribution in [0.3, 0.4) is 0 Å². The summed E-state index contributed by atoms with van der Waals surface area (Å²) in [5.41, 5.74) is 2.66. The smallest absolute Gasteiger partial charge is 0.319 e. The first kappa shape index (κ1) is 18.3. The van der Waals surface area contributed by atoms with E-state index in [9.17, 15) is 4.79 Å². The molecule has 0 bridgehead atoms. The number of aromatic nitrogens is 2. The summed E-state index contributed by atoms with van der Waals surface area (Å²) in [7, 11) is 0. The van der Waals surface area contributed by atoms with Crippen molar-refractivity contribution in [2.24, 2.45) is 0 Å². The van der Waals surface area contributed by atoms with E-state index in [-0.39, 0.29) is 6.03 Å². The van der Waals surface area contributed by atoms with Crippen LogP contribution < -0.4 is 10.6 Å². The Morgan fingerprint density at radius 1 is 1.29 bits per heavy atom. The van der Waals surface area contributed by atoms with Crippen molar-refractivity contribution < 1.29 is 4.79 Å². The standard InChI is InChI=1S/C18H24N4OS/c1-5-13(3)24-16-6-7-17(12(2)10-16)22-18(23)20-11-15-8-9-19-14(4)21-15/h6-10,13H,5,11H2,1-4H3,(H2,20,22,23)/t13-/m1/s1. The maximum absolute atomic E-state index is 12.1.